The van der Waals surface area contributed by atoms with Crippen molar-refractivity contribution in [2.24, 2.45) is 5.92 Å². The summed E-state index contributed by atoms with van der Waals surface area (Å²) in [5.41, 5.74) is 1.41. The van der Waals surface area contributed by atoms with Crippen molar-refractivity contribution in [2.45, 2.75) is 19.1 Å². The van der Waals surface area contributed by atoms with Crippen LogP contribution in [-0.2, 0) is 23.8 Å². The fraction of sp³-hybridized carbons (Fsp3) is 0.333. The van der Waals surface area contributed by atoms with Crippen molar-refractivity contribution in [3.63, 3.8) is 0 Å². The van der Waals surface area contributed by atoms with E-state index in [9.17, 15) is 14.7 Å². The molecule has 1 aliphatic heterocycles. The first-order valence-corrected chi connectivity index (χ1v) is 10.2. The quantitative estimate of drug-likeness (QED) is 0.418. The van der Waals surface area contributed by atoms with Crippen LogP contribution < -0.4 is 4.74 Å². The molecule has 170 valence electrons. The van der Waals surface area contributed by atoms with E-state index in [4.69, 9.17) is 24.1 Å². The van der Waals surface area contributed by atoms with Gasteiger partial charge in [-0.05, 0) is 36.8 Å². The summed E-state index contributed by atoms with van der Waals surface area (Å²) in [5, 5.41) is 18.7. The zero-order valence-electron chi connectivity index (χ0n) is 17.7. The third-order valence-corrected chi connectivity index (χ3v) is 4.74. The number of ether oxygens (including phenoxy) is 4. The second kappa shape index (κ2) is 10.8. The number of benzene rings is 1. The Balaban J connectivity index is 1.57. The molecular weight excluding hydrogens is 416 g/mol. The molecule has 1 aliphatic carbocycles. The highest BCUT2D eigenvalue weighted by atomic mass is 16.6. The Kier molecular flexibility index (Phi) is 7.86. The number of hydrogen-bond donors (Lipinski definition) is 2. The van der Waals surface area contributed by atoms with Gasteiger partial charge < -0.3 is 29.2 Å². The lowest BCUT2D eigenvalue weighted by atomic mass is 9.90. The highest BCUT2D eigenvalue weighted by molar-refractivity contribution is 6.17. The first-order chi connectivity index (χ1) is 15.4. The molecule has 0 radical (unpaired) electrons. The maximum atomic E-state index is 12.5. The molecule has 0 saturated carbocycles. The Morgan fingerprint density at radius 3 is 2.62 bits per heavy atom. The zero-order chi connectivity index (χ0) is 23.1. The molecule has 0 amide bonds. The monoisotopic (exact) mass is 442 g/mol. The van der Waals surface area contributed by atoms with Crippen molar-refractivity contribution in [3.8, 4) is 5.75 Å². The first-order valence-electron chi connectivity index (χ1n) is 10.2. The molecule has 8 heteroatoms. The minimum absolute atomic E-state index is 0.0741. The van der Waals surface area contributed by atoms with Gasteiger partial charge in [-0.15, -0.1) is 0 Å². The van der Waals surface area contributed by atoms with Gasteiger partial charge in [0.1, 0.15) is 43.5 Å². The predicted octanol–water partition coefficient (Wildman–Crippen LogP) is 1.93. The molecule has 0 spiro atoms. The van der Waals surface area contributed by atoms with E-state index in [1.54, 1.807) is 36.4 Å². The number of hydrogen-bond acceptors (Lipinski definition) is 8. The standard InChI is InChI=1S/C24H26O8/c1-15(2)23(27)31-14-18(26)13-30-20-8-5-17-11-21(24(28)32-22(17)12-20)16-3-6-19(7-4-16)29-10-9-25/h3-8,11-12,17-18,22,25-26H,1,9-10,13-14H2,2H3. The zero-order valence-corrected chi connectivity index (χ0v) is 17.7. The molecule has 1 aromatic carbocycles. The maximum Gasteiger partial charge on any atom is 0.339 e. The van der Waals surface area contributed by atoms with Gasteiger partial charge >= 0.3 is 11.9 Å². The number of carbonyl (C=O) groups excluding carboxylic acids is 2. The van der Waals surface area contributed by atoms with Crippen LogP contribution in [0.5, 0.6) is 5.75 Å². The summed E-state index contributed by atoms with van der Waals surface area (Å²) in [6.45, 7) is 4.82. The van der Waals surface area contributed by atoms with Crippen LogP contribution in [0.3, 0.4) is 0 Å². The van der Waals surface area contributed by atoms with Crippen molar-refractivity contribution in [3.05, 3.63) is 72.0 Å². The molecule has 3 atom stereocenters. The van der Waals surface area contributed by atoms with Gasteiger partial charge in [0.2, 0.25) is 0 Å². The van der Waals surface area contributed by atoms with Crippen LogP contribution in [0.15, 0.2) is 66.5 Å². The van der Waals surface area contributed by atoms with Crippen molar-refractivity contribution in [2.75, 3.05) is 26.4 Å². The summed E-state index contributed by atoms with van der Waals surface area (Å²) >= 11 is 0. The molecule has 0 fully saturated rings. The summed E-state index contributed by atoms with van der Waals surface area (Å²) in [6, 6.07) is 6.98. The highest BCUT2D eigenvalue weighted by Gasteiger charge is 2.31. The van der Waals surface area contributed by atoms with E-state index in [-0.39, 0.29) is 37.9 Å². The van der Waals surface area contributed by atoms with Gasteiger partial charge in [0.25, 0.3) is 0 Å². The van der Waals surface area contributed by atoms with Crippen LogP contribution in [0.2, 0.25) is 0 Å². The fourth-order valence-electron chi connectivity index (χ4n) is 3.09. The number of fused-ring (bicyclic) bond motifs is 1. The van der Waals surface area contributed by atoms with Gasteiger partial charge in [-0.1, -0.05) is 30.9 Å². The average Bonchev–Trinajstić information content (AvgIpc) is 2.79. The Labute approximate surface area is 186 Å². The summed E-state index contributed by atoms with van der Waals surface area (Å²) in [5.74, 6) is -0.127. The summed E-state index contributed by atoms with van der Waals surface area (Å²) in [7, 11) is 0. The molecule has 1 aromatic rings. The number of aliphatic hydroxyl groups excluding tert-OH is 2. The molecule has 2 aliphatic rings. The van der Waals surface area contributed by atoms with E-state index in [1.807, 2.05) is 12.2 Å². The van der Waals surface area contributed by atoms with E-state index in [2.05, 4.69) is 6.58 Å². The summed E-state index contributed by atoms with van der Waals surface area (Å²) in [6.07, 6.45) is 5.60. The topological polar surface area (TPSA) is 112 Å². The van der Waals surface area contributed by atoms with E-state index in [1.165, 1.54) is 6.92 Å². The number of esters is 2. The van der Waals surface area contributed by atoms with Crippen LogP contribution in [0.25, 0.3) is 5.57 Å². The lowest BCUT2D eigenvalue weighted by Crippen LogP contribution is -2.31. The smallest absolute Gasteiger partial charge is 0.339 e. The molecule has 0 saturated heterocycles. The van der Waals surface area contributed by atoms with E-state index in [0.29, 0.717) is 22.6 Å². The maximum absolute atomic E-state index is 12.5. The molecule has 0 aromatic heterocycles. The van der Waals surface area contributed by atoms with E-state index >= 15 is 0 Å². The van der Waals surface area contributed by atoms with Gasteiger partial charge in [0.05, 0.1) is 12.2 Å². The molecular formula is C24H26O8. The molecule has 3 unspecified atom stereocenters. The van der Waals surface area contributed by atoms with Crippen LogP contribution in [0, 0.1) is 5.92 Å². The van der Waals surface area contributed by atoms with Gasteiger partial charge in [-0.2, -0.15) is 0 Å². The van der Waals surface area contributed by atoms with Gasteiger partial charge in [-0.25, -0.2) is 9.59 Å². The molecule has 0 bridgehead atoms. The Bertz CT molecular complexity index is 941. The molecule has 8 nitrogen and oxygen atoms in total. The van der Waals surface area contributed by atoms with Gasteiger partial charge in [0, 0.05) is 11.5 Å². The first kappa shape index (κ1) is 23.3. The van der Waals surface area contributed by atoms with Crippen molar-refractivity contribution >= 4 is 17.5 Å². The molecule has 32 heavy (non-hydrogen) atoms. The lowest BCUT2D eigenvalue weighted by molar-refractivity contribution is -0.142. The Morgan fingerprint density at radius 1 is 1.19 bits per heavy atom. The molecule has 3 rings (SSSR count). The average molecular weight is 442 g/mol. The van der Waals surface area contributed by atoms with Gasteiger partial charge in [-0.3, -0.25) is 0 Å². The minimum Gasteiger partial charge on any atom is -0.491 e. The number of allylic oxidation sites excluding steroid dienone is 1. The molecule has 2 N–H and O–H groups in total. The highest BCUT2D eigenvalue weighted by Crippen LogP contribution is 2.32. The summed E-state index contributed by atoms with van der Waals surface area (Å²) < 4.78 is 21.3. The van der Waals surface area contributed by atoms with Crippen molar-refractivity contribution < 1.29 is 38.7 Å². The van der Waals surface area contributed by atoms with Gasteiger partial charge in [0.15, 0.2) is 0 Å². The van der Waals surface area contributed by atoms with E-state index in [0.717, 1.165) is 0 Å². The minimum atomic E-state index is -1.00. The normalized spacial score (nSPS) is 20.3. The van der Waals surface area contributed by atoms with E-state index < -0.39 is 24.1 Å². The Hall–Kier alpha value is -3.36. The number of rotatable bonds is 10. The van der Waals surface area contributed by atoms with Crippen LogP contribution in [0.4, 0.5) is 0 Å². The Morgan fingerprint density at radius 2 is 1.94 bits per heavy atom. The third-order valence-electron chi connectivity index (χ3n) is 4.74. The lowest BCUT2D eigenvalue weighted by Gasteiger charge is -2.29. The van der Waals surface area contributed by atoms with Crippen LogP contribution in [0.1, 0.15) is 12.5 Å². The molecule has 1 heterocycles. The van der Waals surface area contributed by atoms with Crippen LogP contribution in [-0.4, -0.2) is 60.8 Å². The second-order valence-electron chi connectivity index (χ2n) is 7.40. The summed E-state index contributed by atoms with van der Waals surface area (Å²) in [4.78, 5) is 23.9. The third kappa shape index (κ3) is 6.09. The number of aliphatic hydroxyl groups is 2. The van der Waals surface area contributed by atoms with Crippen molar-refractivity contribution in [1.29, 1.82) is 0 Å². The fourth-order valence-corrected chi connectivity index (χ4v) is 3.09. The second-order valence-corrected chi connectivity index (χ2v) is 7.40. The SMILES string of the molecule is C=C(C)C(=O)OCC(O)COC1=CC2OC(=O)C(c3ccc(OCCO)cc3)=CC2C=C1. The largest absolute Gasteiger partial charge is 0.491 e. The predicted molar refractivity (Wildman–Crippen MR) is 115 cm³/mol. The number of carbonyl (C=O) groups is 2. The van der Waals surface area contributed by atoms with Crippen molar-refractivity contribution in [1.82, 2.24) is 0 Å². The van der Waals surface area contributed by atoms with Crippen LogP contribution >= 0.6 is 0 Å².